The number of nitrogens with one attached hydrogen (secondary N) is 3. The Labute approximate surface area is 165 Å². The molecule has 4 rings (SSSR count). The Morgan fingerprint density at radius 1 is 0.931 bits per heavy atom. The highest BCUT2D eigenvalue weighted by Crippen LogP contribution is 2.30. The van der Waals surface area contributed by atoms with Gasteiger partial charge in [0.15, 0.2) is 11.6 Å². The van der Waals surface area contributed by atoms with Gasteiger partial charge in [0.25, 0.3) is 10.9 Å². The summed E-state index contributed by atoms with van der Waals surface area (Å²) in [6.07, 6.45) is 4.70. The first kappa shape index (κ1) is 18.9. The normalized spacial score (nSPS) is 11.3. The van der Waals surface area contributed by atoms with Crippen molar-refractivity contribution in [1.29, 1.82) is 0 Å². The Kier molecular flexibility index (Phi) is 4.88. The number of aromatic nitrogens is 1. The molecule has 3 N–H and O–H groups in total. The smallest absolute Gasteiger partial charge is 0.253 e. The average molecular weight is 395 g/mol. The molecule has 0 saturated heterocycles. The van der Waals surface area contributed by atoms with Crippen molar-refractivity contribution in [3.05, 3.63) is 80.2 Å². The molecule has 0 radical (unpaired) electrons. The SMILES string of the molecule is CCCCc1ccc(Nc2c(Nc3c[nH]c4cc(F)c(F)cc34)c(=O)c2=O)cc1. The minimum absolute atomic E-state index is 0.0932. The maximum Gasteiger partial charge on any atom is 0.253 e. The van der Waals surface area contributed by atoms with Crippen LogP contribution in [0.25, 0.3) is 10.9 Å². The molecule has 1 aromatic heterocycles. The number of hydrogen-bond donors (Lipinski definition) is 3. The number of halogens is 2. The fourth-order valence-corrected chi connectivity index (χ4v) is 3.26. The summed E-state index contributed by atoms with van der Waals surface area (Å²) < 4.78 is 27.0. The summed E-state index contributed by atoms with van der Waals surface area (Å²) in [5, 5.41) is 6.22. The first-order valence-electron chi connectivity index (χ1n) is 9.40. The molecule has 0 amide bonds. The molecule has 148 valence electrons. The first-order valence-corrected chi connectivity index (χ1v) is 9.40. The van der Waals surface area contributed by atoms with E-state index in [1.165, 1.54) is 11.8 Å². The molecule has 4 aromatic rings. The highest BCUT2D eigenvalue weighted by Gasteiger charge is 2.22. The highest BCUT2D eigenvalue weighted by molar-refractivity contribution is 5.96. The van der Waals surface area contributed by atoms with E-state index in [0.717, 1.165) is 31.4 Å². The van der Waals surface area contributed by atoms with Crippen molar-refractivity contribution in [2.24, 2.45) is 0 Å². The van der Waals surface area contributed by atoms with E-state index in [4.69, 9.17) is 0 Å². The summed E-state index contributed by atoms with van der Waals surface area (Å²) in [5.41, 5.74) is 1.60. The molecule has 3 aromatic carbocycles. The number of hydrogen-bond acceptors (Lipinski definition) is 4. The number of fused-ring (bicyclic) bond motifs is 1. The van der Waals surface area contributed by atoms with Gasteiger partial charge in [0, 0.05) is 23.3 Å². The molecular formula is C22H19F2N3O2. The van der Waals surface area contributed by atoms with Crippen LogP contribution in [0, 0.1) is 11.6 Å². The van der Waals surface area contributed by atoms with Crippen LogP contribution in [0.1, 0.15) is 25.3 Å². The van der Waals surface area contributed by atoms with E-state index in [-0.39, 0.29) is 11.4 Å². The molecule has 0 aliphatic rings. The lowest BCUT2D eigenvalue weighted by Gasteiger charge is -2.15. The van der Waals surface area contributed by atoms with Gasteiger partial charge >= 0.3 is 0 Å². The van der Waals surface area contributed by atoms with E-state index in [0.29, 0.717) is 22.3 Å². The third-order valence-corrected chi connectivity index (χ3v) is 4.93. The maximum absolute atomic E-state index is 13.6. The van der Waals surface area contributed by atoms with Crippen molar-refractivity contribution in [2.45, 2.75) is 26.2 Å². The van der Waals surface area contributed by atoms with E-state index in [2.05, 4.69) is 22.5 Å². The zero-order valence-electron chi connectivity index (χ0n) is 15.7. The van der Waals surface area contributed by atoms with Crippen LogP contribution < -0.4 is 21.5 Å². The van der Waals surface area contributed by atoms with Crippen LogP contribution in [0.15, 0.2) is 52.2 Å². The van der Waals surface area contributed by atoms with Crippen LogP contribution in [0.5, 0.6) is 0 Å². The first-order chi connectivity index (χ1) is 14.0. The number of anilines is 4. The van der Waals surface area contributed by atoms with Gasteiger partial charge in [-0.2, -0.15) is 0 Å². The van der Waals surface area contributed by atoms with Gasteiger partial charge < -0.3 is 15.6 Å². The fraction of sp³-hybridized carbons (Fsp3) is 0.182. The van der Waals surface area contributed by atoms with Crippen LogP contribution in [-0.2, 0) is 6.42 Å². The number of unbranched alkanes of at least 4 members (excludes halogenated alkanes) is 1. The van der Waals surface area contributed by atoms with Crippen molar-refractivity contribution in [3.63, 3.8) is 0 Å². The molecule has 0 saturated carbocycles. The van der Waals surface area contributed by atoms with E-state index >= 15 is 0 Å². The van der Waals surface area contributed by atoms with Gasteiger partial charge in [0.05, 0.1) is 11.2 Å². The Balaban J connectivity index is 1.58. The molecule has 0 atom stereocenters. The number of benzene rings is 2. The Morgan fingerprint density at radius 2 is 1.59 bits per heavy atom. The van der Waals surface area contributed by atoms with E-state index < -0.39 is 22.5 Å². The number of H-pyrrole nitrogens is 1. The van der Waals surface area contributed by atoms with Gasteiger partial charge in [-0.25, -0.2) is 8.78 Å². The van der Waals surface area contributed by atoms with E-state index in [1.54, 1.807) is 0 Å². The second-order valence-electron chi connectivity index (χ2n) is 6.97. The number of rotatable bonds is 7. The summed E-state index contributed by atoms with van der Waals surface area (Å²) >= 11 is 0. The lowest BCUT2D eigenvalue weighted by molar-refractivity contribution is 0.511. The third kappa shape index (κ3) is 3.51. The zero-order valence-corrected chi connectivity index (χ0v) is 15.7. The third-order valence-electron chi connectivity index (χ3n) is 4.93. The molecule has 0 aliphatic carbocycles. The summed E-state index contributed by atoms with van der Waals surface area (Å²) in [6, 6.07) is 9.75. The van der Waals surface area contributed by atoms with Gasteiger partial charge in [0.2, 0.25) is 0 Å². The maximum atomic E-state index is 13.6. The molecule has 1 heterocycles. The minimum atomic E-state index is -0.994. The van der Waals surface area contributed by atoms with Crippen molar-refractivity contribution in [2.75, 3.05) is 10.6 Å². The molecule has 0 spiro atoms. The molecular weight excluding hydrogens is 376 g/mol. The molecule has 0 fully saturated rings. The lowest BCUT2D eigenvalue weighted by Crippen LogP contribution is -2.35. The second-order valence-corrected chi connectivity index (χ2v) is 6.97. The van der Waals surface area contributed by atoms with Gasteiger partial charge in [-0.3, -0.25) is 9.59 Å². The minimum Gasteiger partial charge on any atom is -0.359 e. The van der Waals surface area contributed by atoms with Crippen LogP contribution in [0.2, 0.25) is 0 Å². The molecule has 0 bridgehead atoms. The Hall–Kier alpha value is -3.48. The summed E-state index contributed by atoms with van der Waals surface area (Å²) in [4.78, 5) is 26.9. The zero-order chi connectivity index (χ0) is 20.5. The van der Waals surface area contributed by atoms with Gasteiger partial charge in [-0.05, 0) is 36.6 Å². The van der Waals surface area contributed by atoms with Gasteiger partial charge in [-0.1, -0.05) is 25.5 Å². The van der Waals surface area contributed by atoms with Crippen LogP contribution in [0.4, 0.5) is 31.5 Å². The standard InChI is InChI=1S/C22H19F2N3O2/c1-2-3-4-12-5-7-13(8-6-12)26-19-20(22(29)21(19)28)27-18-11-25-17-10-16(24)15(23)9-14(17)18/h5-11,25-27H,2-4H2,1H3. The molecule has 0 aliphatic heterocycles. The number of aromatic amines is 1. The quantitative estimate of drug-likeness (QED) is 0.390. The summed E-state index contributed by atoms with van der Waals surface area (Å²) in [6.45, 7) is 2.13. The second kappa shape index (κ2) is 7.50. The summed E-state index contributed by atoms with van der Waals surface area (Å²) in [7, 11) is 0. The average Bonchev–Trinajstić information content (AvgIpc) is 3.11. The largest absolute Gasteiger partial charge is 0.359 e. The molecule has 29 heavy (non-hydrogen) atoms. The molecule has 0 unspecified atom stereocenters. The van der Waals surface area contributed by atoms with Gasteiger partial charge in [0.1, 0.15) is 11.4 Å². The van der Waals surface area contributed by atoms with Crippen LogP contribution >= 0.6 is 0 Å². The van der Waals surface area contributed by atoms with Crippen molar-refractivity contribution < 1.29 is 8.78 Å². The summed E-state index contributed by atoms with van der Waals surface area (Å²) in [5.74, 6) is -1.96. The Bertz CT molecular complexity index is 1250. The fourth-order valence-electron chi connectivity index (χ4n) is 3.26. The Morgan fingerprint density at radius 3 is 2.28 bits per heavy atom. The van der Waals surface area contributed by atoms with E-state index in [1.807, 2.05) is 24.3 Å². The van der Waals surface area contributed by atoms with Crippen LogP contribution in [0.3, 0.4) is 0 Å². The van der Waals surface area contributed by atoms with Crippen LogP contribution in [-0.4, -0.2) is 4.98 Å². The molecule has 5 nitrogen and oxygen atoms in total. The van der Waals surface area contributed by atoms with Crippen molar-refractivity contribution in [3.8, 4) is 0 Å². The van der Waals surface area contributed by atoms with Crippen molar-refractivity contribution in [1.82, 2.24) is 4.98 Å². The molecule has 7 heteroatoms. The predicted molar refractivity (Wildman–Crippen MR) is 111 cm³/mol. The topological polar surface area (TPSA) is 74.0 Å². The monoisotopic (exact) mass is 395 g/mol. The highest BCUT2D eigenvalue weighted by atomic mass is 19.2. The van der Waals surface area contributed by atoms with Crippen molar-refractivity contribution >= 4 is 33.7 Å². The predicted octanol–water partition coefficient (Wildman–Crippen LogP) is 4.87. The van der Waals surface area contributed by atoms with Gasteiger partial charge in [-0.15, -0.1) is 0 Å². The van der Waals surface area contributed by atoms with E-state index in [9.17, 15) is 18.4 Å². The lowest BCUT2D eigenvalue weighted by atomic mass is 10.1. The number of aryl methyl sites for hydroxylation is 1.